The van der Waals surface area contributed by atoms with Crippen LogP contribution >= 0.6 is 11.8 Å². The number of halogens is 3. The number of nitrogens with zero attached hydrogens (tertiary/aromatic N) is 2. The van der Waals surface area contributed by atoms with E-state index in [1.54, 1.807) is 7.11 Å². The number of anilines is 1. The maximum Gasteiger partial charge on any atom is 0.490 e. The molecule has 0 saturated heterocycles. The molecule has 10 heteroatoms. The number of alkyl halides is 3. The minimum atomic E-state index is -5.08. The van der Waals surface area contributed by atoms with Crippen molar-refractivity contribution in [2.24, 2.45) is 0 Å². The lowest BCUT2D eigenvalue weighted by molar-refractivity contribution is -0.192. The van der Waals surface area contributed by atoms with Crippen molar-refractivity contribution >= 4 is 29.2 Å². The van der Waals surface area contributed by atoms with Crippen molar-refractivity contribution in [3.8, 4) is 17.0 Å². The number of pyridine rings is 1. The van der Waals surface area contributed by atoms with Gasteiger partial charge in [-0.3, -0.25) is 4.40 Å². The van der Waals surface area contributed by atoms with Gasteiger partial charge < -0.3 is 15.2 Å². The number of carbonyl (C=O) groups is 1. The van der Waals surface area contributed by atoms with Crippen LogP contribution in [-0.2, 0) is 11.3 Å². The minimum Gasteiger partial charge on any atom is -0.496 e. The first kappa shape index (κ1) is 28.9. The standard InChI is InChI=1S/C26H29N3OS.C2HF3O2/c1-5-19(3)31-23-13-12-21(15-22(23)30-4)25-26(27-16-20-9-7-6-8-10-20)29-17-18(2)11-14-24(29)28-25;3-2(4,5)1(6)7/h6-15,17,19,27H,5,16H2,1-4H3;(H,6,7). The van der Waals surface area contributed by atoms with Crippen molar-refractivity contribution in [3.63, 3.8) is 0 Å². The predicted molar refractivity (Wildman–Crippen MR) is 145 cm³/mol. The van der Waals surface area contributed by atoms with Gasteiger partial charge in [0.25, 0.3) is 0 Å². The Kier molecular flexibility index (Phi) is 9.68. The van der Waals surface area contributed by atoms with Crippen molar-refractivity contribution in [1.29, 1.82) is 0 Å². The third-order valence-electron chi connectivity index (χ3n) is 5.65. The molecule has 0 bridgehead atoms. The Bertz CT molecular complexity index is 1370. The number of rotatable bonds is 8. The van der Waals surface area contributed by atoms with E-state index in [4.69, 9.17) is 19.6 Å². The summed E-state index contributed by atoms with van der Waals surface area (Å²) >= 11 is 1.85. The Morgan fingerprint density at radius 1 is 1.16 bits per heavy atom. The van der Waals surface area contributed by atoms with Gasteiger partial charge >= 0.3 is 12.1 Å². The average molecular weight is 546 g/mol. The van der Waals surface area contributed by atoms with E-state index in [0.717, 1.165) is 41.4 Å². The van der Waals surface area contributed by atoms with Crippen molar-refractivity contribution in [2.75, 3.05) is 12.4 Å². The second-order valence-electron chi connectivity index (χ2n) is 8.59. The first-order chi connectivity index (χ1) is 18.0. The Morgan fingerprint density at radius 2 is 1.84 bits per heavy atom. The molecule has 2 heterocycles. The first-order valence-electron chi connectivity index (χ1n) is 11.9. The number of benzene rings is 2. The molecule has 4 aromatic rings. The number of imidazole rings is 1. The summed E-state index contributed by atoms with van der Waals surface area (Å²) in [5.41, 5.74) is 5.32. The van der Waals surface area contributed by atoms with Crippen molar-refractivity contribution in [1.82, 2.24) is 9.38 Å². The molecule has 0 radical (unpaired) electrons. The number of fused-ring (bicyclic) bond motifs is 1. The maximum atomic E-state index is 10.6. The van der Waals surface area contributed by atoms with Crippen LogP contribution in [0.4, 0.5) is 19.0 Å². The maximum absolute atomic E-state index is 10.6. The summed E-state index contributed by atoms with van der Waals surface area (Å²) in [6, 6.07) is 21.0. The van der Waals surface area contributed by atoms with E-state index in [2.05, 4.69) is 91.3 Å². The van der Waals surface area contributed by atoms with Gasteiger partial charge in [0.05, 0.1) is 7.11 Å². The zero-order valence-electron chi connectivity index (χ0n) is 21.5. The van der Waals surface area contributed by atoms with Crippen LogP contribution in [-0.4, -0.2) is 39.0 Å². The molecule has 6 nitrogen and oxygen atoms in total. The van der Waals surface area contributed by atoms with E-state index in [1.165, 1.54) is 16.0 Å². The van der Waals surface area contributed by atoms with Crippen LogP contribution in [0.25, 0.3) is 16.9 Å². The monoisotopic (exact) mass is 545 g/mol. The van der Waals surface area contributed by atoms with Crippen molar-refractivity contribution in [2.45, 2.75) is 50.1 Å². The number of aryl methyl sites for hydroxylation is 1. The highest BCUT2D eigenvalue weighted by atomic mass is 32.2. The highest BCUT2D eigenvalue weighted by molar-refractivity contribution is 8.00. The molecule has 0 aliphatic heterocycles. The second kappa shape index (κ2) is 12.7. The lowest BCUT2D eigenvalue weighted by Gasteiger charge is -2.14. The number of carboxylic acids is 1. The van der Waals surface area contributed by atoms with Gasteiger partial charge in [0.2, 0.25) is 0 Å². The summed E-state index contributed by atoms with van der Waals surface area (Å²) in [5.74, 6) is -0.871. The Labute approximate surface area is 223 Å². The van der Waals surface area contributed by atoms with E-state index in [-0.39, 0.29) is 0 Å². The number of methoxy groups -OCH3 is 1. The number of hydrogen-bond acceptors (Lipinski definition) is 5. The summed E-state index contributed by atoms with van der Waals surface area (Å²) in [6.45, 7) is 7.29. The largest absolute Gasteiger partial charge is 0.496 e. The van der Waals surface area contributed by atoms with Crippen LogP contribution < -0.4 is 10.1 Å². The quantitative estimate of drug-likeness (QED) is 0.224. The molecule has 1 atom stereocenters. The van der Waals surface area contributed by atoms with Crippen LogP contribution in [0.3, 0.4) is 0 Å². The fraction of sp³-hybridized carbons (Fsp3) is 0.286. The van der Waals surface area contributed by atoms with Crippen LogP contribution in [0, 0.1) is 6.92 Å². The molecule has 38 heavy (non-hydrogen) atoms. The number of nitrogens with one attached hydrogen (secondary N) is 1. The average Bonchev–Trinajstić information content (AvgIpc) is 3.25. The molecule has 202 valence electrons. The fourth-order valence-corrected chi connectivity index (χ4v) is 4.52. The van der Waals surface area contributed by atoms with E-state index in [0.29, 0.717) is 5.25 Å². The summed E-state index contributed by atoms with van der Waals surface area (Å²) in [6.07, 6.45) is -1.83. The lowest BCUT2D eigenvalue weighted by atomic mass is 10.1. The molecule has 2 aromatic carbocycles. The molecule has 0 aliphatic rings. The van der Waals surface area contributed by atoms with Gasteiger partial charge in [-0.15, -0.1) is 11.8 Å². The van der Waals surface area contributed by atoms with Crippen molar-refractivity contribution in [3.05, 3.63) is 78.0 Å². The fourth-order valence-electron chi connectivity index (χ4n) is 3.52. The molecule has 0 fully saturated rings. The third-order valence-corrected chi connectivity index (χ3v) is 6.98. The van der Waals surface area contributed by atoms with Crippen LogP contribution in [0.5, 0.6) is 5.75 Å². The van der Waals surface area contributed by atoms with Crippen LogP contribution in [0.15, 0.2) is 71.8 Å². The van der Waals surface area contributed by atoms with E-state index < -0.39 is 12.1 Å². The van der Waals surface area contributed by atoms with Gasteiger partial charge in [0.1, 0.15) is 22.9 Å². The highest BCUT2D eigenvalue weighted by Gasteiger charge is 2.38. The first-order valence-corrected chi connectivity index (χ1v) is 12.8. The summed E-state index contributed by atoms with van der Waals surface area (Å²) < 4.78 is 39.6. The minimum absolute atomic E-state index is 0.543. The topological polar surface area (TPSA) is 75.9 Å². The Balaban J connectivity index is 0.000000505. The predicted octanol–water partition coefficient (Wildman–Crippen LogP) is 7.45. The van der Waals surface area contributed by atoms with E-state index >= 15 is 0 Å². The summed E-state index contributed by atoms with van der Waals surface area (Å²) in [4.78, 5) is 15.0. The molecule has 0 aliphatic carbocycles. The Morgan fingerprint density at radius 3 is 2.45 bits per heavy atom. The molecule has 1 unspecified atom stereocenters. The summed E-state index contributed by atoms with van der Waals surface area (Å²) in [5, 5.41) is 11.3. The normalized spacial score (nSPS) is 12.0. The number of carboxylic acid groups (broad SMARTS) is 1. The zero-order valence-corrected chi connectivity index (χ0v) is 22.4. The molecular formula is C28H30F3N3O3S. The zero-order chi connectivity index (χ0) is 27.9. The number of hydrogen-bond donors (Lipinski definition) is 2. The SMILES string of the molecule is CCC(C)Sc1ccc(-c2nc3ccc(C)cn3c2NCc2ccccc2)cc1OC.O=C(O)C(F)(F)F. The van der Waals surface area contributed by atoms with Gasteiger partial charge in [0, 0.05) is 28.5 Å². The smallest absolute Gasteiger partial charge is 0.490 e. The number of thioether (sulfide) groups is 1. The Hall–Kier alpha value is -3.66. The summed E-state index contributed by atoms with van der Waals surface area (Å²) in [7, 11) is 1.74. The van der Waals surface area contributed by atoms with Gasteiger partial charge in [-0.05, 0) is 42.7 Å². The molecule has 2 aromatic heterocycles. The van der Waals surface area contributed by atoms with E-state index in [1.807, 2.05) is 17.8 Å². The lowest BCUT2D eigenvalue weighted by Crippen LogP contribution is -2.21. The van der Waals surface area contributed by atoms with Crippen LogP contribution in [0.1, 0.15) is 31.4 Å². The van der Waals surface area contributed by atoms with Gasteiger partial charge in [-0.2, -0.15) is 13.2 Å². The number of aromatic nitrogens is 2. The van der Waals surface area contributed by atoms with Gasteiger partial charge in [-0.25, -0.2) is 9.78 Å². The number of ether oxygens (including phenoxy) is 1. The van der Waals surface area contributed by atoms with Crippen LogP contribution in [0.2, 0.25) is 0 Å². The molecular weight excluding hydrogens is 515 g/mol. The molecule has 0 spiro atoms. The molecule has 0 saturated carbocycles. The van der Waals surface area contributed by atoms with Gasteiger partial charge in [-0.1, -0.05) is 56.3 Å². The molecule has 4 rings (SSSR count). The second-order valence-corrected chi connectivity index (χ2v) is 10.1. The highest BCUT2D eigenvalue weighted by Crippen LogP contribution is 2.38. The molecule has 0 amide bonds. The third kappa shape index (κ3) is 7.44. The van der Waals surface area contributed by atoms with Gasteiger partial charge in [0.15, 0.2) is 0 Å². The van der Waals surface area contributed by atoms with Crippen molar-refractivity contribution < 1.29 is 27.8 Å². The number of aliphatic carboxylic acids is 1. The van der Waals surface area contributed by atoms with E-state index in [9.17, 15) is 13.2 Å². The molecule has 2 N–H and O–H groups in total.